The van der Waals surface area contributed by atoms with Crippen molar-refractivity contribution in [3.63, 3.8) is 0 Å². The number of aromatic nitrogens is 1. The number of rotatable bonds is 4. The molecule has 3 heteroatoms. The van der Waals surface area contributed by atoms with Crippen LogP contribution in [0.4, 0.5) is 0 Å². The molecule has 0 atom stereocenters. The van der Waals surface area contributed by atoms with Gasteiger partial charge in [-0.25, -0.2) is 0 Å². The third-order valence-electron chi connectivity index (χ3n) is 2.79. The SMILES string of the molecule is CCCCn1cc(C=NN)c2ccccc21. The minimum absolute atomic E-state index is 1.05. The average molecular weight is 215 g/mol. The highest BCUT2D eigenvalue weighted by Gasteiger charge is 2.05. The normalized spacial score (nSPS) is 11.6. The Bertz CT molecular complexity index is 497. The van der Waals surface area contributed by atoms with Crippen molar-refractivity contribution in [1.82, 2.24) is 4.57 Å². The Morgan fingerprint density at radius 1 is 1.38 bits per heavy atom. The molecule has 1 heterocycles. The number of hydrogen-bond donors (Lipinski definition) is 1. The summed E-state index contributed by atoms with van der Waals surface area (Å²) in [4.78, 5) is 0. The van der Waals surface area contributed by atoms with Crippen LogP contribution in [0, 0.1) is 0 Å². The summed E-state index contributed by atoms with van der Waals surface area (Å²) in [6, 6.07) is 8.35. The van der Waals surface area contributed by atoms with E-state index in [4.69, 9.17) is 5.84 Å². The molecule has 2 aromatic rings. The first kappa shape index (κ1) is 10.7. The summed E-state index contributed by atoms with van der Waals surface area (Å²) in [6.45, 7) is 3.25. The molecule has 0 spiro atoms. The van der Waals surface area contributed by atoms with Gasteiger partial charge in [-0.05, 0) is 12.5 Å². The Morgan fingerprint density at radius 2 is 2.19 bits per heavy atom. The van der Waals surface area contributed by atoms with Crippen molar-refractivity contribution >= 4 is 17.1 Å². The molecule has 1 aromatic heterocycles. The maximum absolute atomic E-state index is 5.22. The van der Waals surface area contributed by atoms with Gasteiger partial charge in [0.1, 0.15) is 0 Å². The molecule has 0 aliphatic carbocycles. The molecule has 0 aliphatic heterocycles. The standard InChI is InChI=1S/C13H17N3/c1-2-3-8-16-10-11(9-15-14)12-6-4-5-7-13(12)16/h4-7,9-10H,2-3,8,14H2,1H3. The van der Waals surface area contributed by atoms with E-state index in [1.54, 1.807) is 6.21 Å². The van der Waals surface area contributed by atoms with Gasteiger partial charge in [0.25, 0.3) is 0 Å². The maximum atomic E-state index is 5.22. The third kappa shape index (κ3) is 1.94. The fourth-order valence-electron chi connectivity index (χ4n) is 1.97. The van der Waals surface area contributed by atoms with Gasteiger partial charge in [0.2, 0.25) is 0 Å². The van der Waals surface area contributed by atoms with Crippen molar-refractivity contribution in [3.8, 4) is 0 Å². The van der Waals surface area contributed by atoms with E-state index in [1.807, 2.05) is 6.07 Å². The largest absolute Gasteiger partial charge is 0.347 e. The van der Waals surface area contributed by atoms with Gasteiger partial charge < -0.3 is 10.4 Å². The molecule has 0 unspecified atom stereocenters. The van der Waals surface area contributed by atoms with Crippen LogP contribution < -0.4 is 5.84 Å². The van der Waals surface area contributed by atoms with Crippen LogP contribution >= 0.6 is 0 Å². The number of hydrogen-bond acceptors (Lipinski definition) is 2. The molecular weight excluding hydrogens is 198 g/mol. The average Bonchev–Trinajstić information content (AvgIpc) is 2.66. The van der Waals surface area contributed by atoms with Gasteiger partial charge in [-0.15, -0.1) is 0 Å². The van der Waals surface area contributed by atoms with Crippen molar-refractivity contribution in [1.29, 1.82) is 0 Å². The molecule has 3 nitrogen and oxygen atoms in total. The molecule has 0 bridgehead atoms. The molecule has 0 amide bonds. The van der Waals surface area contributed by atoms with Gasteiger partial charge in [-0.3, -0.25) is 0 Å². The third-order valence-corrected chi connectivity index (χ3v) is 2.79. The van der Waals surface area contributed by atoms with E-state index < -0.39 is 0 Å². The summed E-state index contributed by atoms with van der Waals surface area (Å²) in [5.74, 6) is 5.22. The summed E-state index contributed by atoms with van der Waals surface area (Å²) in [5.41, 5.74) is 2.35. The fraction of sp³-hybridized carbons (Fsp3) is 0.308. The first-order valence-electron chi connectivity index (χ1n) is 5.68. The van der Waals surface area contributed by atoms with Crippen LogP contribution in [0.2, 0.25) is 0 Å². The zero-order chi connectivity index (χ0) is 11.4. The number of aryl methyl sites for hydroxylation is 1. The highest BCUT2D eigenvalue weighted by Crippen LogP contribution is 2.20. The molecule has 16 heavy (non-hydrogen) atoms. The number of benzene rings is 1. The second-order valence-corrected chi connectivity index (χ2v) is 3.93. The molecular formula is C13H17N3. The molecule has 0 radical (unpaired) electrons. The Hall–Kier alpha value is -1.77. The van der Waals surface area contributed by atoms with Crippen LogP contribution in [-0.4, -0.2) is 10.8 Å². The van der Waals surface area contributed by atoms with E-state index in [2.05, 4.69) is 41.0 Å². The molecule has 0 aliphatic rings. The lowest BCUT2D eigenvalue weighted by atomic mass is 10.2. The van der Waals surface area contributed by atoms with E-state index in [1.165, 1.54) is 23.7 Å². The summed E-state index contributed by atoms with van der Waals surface area (Å²) in [7, 11) is 0. The fourth-order valence-corrected chi connectivity index (χ4v) is 1.97. The smallest absolute Gasteiger partial charge is 0.0559 e. The van der Waals surface area contributed by atoms with Crippen LogP contribution in [0.5, 0.6) is 0 Å². The predicted octanol–water partition coefficient (Wildman–Crippen LogP) is 2.73. The lowest BCUT2D eigenvalue weighted by Crippen LogP contribution is -1.94. The van der Waals surface area contributed by atoms with E-state index >= 15 is 0 Å². The van der Waals surface area contributed by atoms with Crippen LogP contribution in [0.1, 0.15) is 25.3 Å². The van der Waals surface area contributed by atoms with Gasteiger partial charge in [-0.2, -0.15) is 5.10 Å². The van der Waals surface area contributed by atoms with Crippen LogP contribution in [0.3, 0.4) is 0 Å². The van der Waals surface area contributed by atoms with Crippen LogP contribution in [0.15, 0.2) is 35.6 Å². The lowest BCUT2D eigenvalue weighted by molar-refractivity contribution is 0.650. The van der Waals surface area contributed by atoms with Crippen LogP contribution in [-0.2, 0) is 6.54 Å². The Balaban J connectivity index is 2.48. The molecule has 0 saturated carbocycles. The highest BCUT2D eigenvalue weighted by molar-refractivity contribution is 5.99. The second-order valence-electron chi connectivity index (χ2n) is 3.93. The zero-order valence-electron chi connectivity index (χ0n) is 9.56. The summed E-state index contributed by atoms with van der Waals surface area (Å²) in [5, 5.41) is 4.83. The Morgan fingerprint density at radius 3 is 2.94 bits per heavy atom. The van der Waals surface area contributed by atoms with Gasteiger partial charge in [0.05, 0.1) is 6.21 Å². The monoisotopic (exact) mass is 215 g/mol. The number of para-hydroxylation sites is 1. The first-order valence-corrected chi connectivity index (χ1v) is 5.68. The number of hydrazone groups is 1. The molecule has 2 N–H and O–H groups in total. The highest BCUT2D eigenvalue weighted by atomic mass is 15.1. The van der Waals surface area contributed by atoms with E-state index in [-0.39, 0.29) is 0 Å². The zero-order valence-corrected chi connectivity index (χ0v) is 9.56. The topological polar surface area (TPSA) is 43.3 Å². The quantitative estimate of drug-likeness (QED) is 0.475. The van der Waals surface area contributed by atoms with E-state index in [0.29, 0.717) is 0 Å². The Labute approximate surface area is 95.6 Å². The van der Waals surface area contributed by atoms with Gasteiger partial charge in [-0.1, -0.05) is 31.5 Å². The van der Waals surface area contributed by atoms with Crippen LogP contribution in [0.25, 0.3) is 10.9 Å². The maximum Gasteiger partial charge on any atom is 0.0559 e. The molecule has 1 aromatic carbocycles. The number of nitrogens with zero attached hydrogens (tertiary/aromatic N) is 2. The Kier molecular flexibility index (Phi) is 3.25. The minimum atomic E-state index is 1.05. The summed E-state index contributed by atoms with van der Waals surface area (Å²) >= 11 is 0. The van der Waals surface area contributed by atoms with E-state index in [9.17, 15) is 0 Å². The van der Waals surface area contributed by atoms with Crippen molar-refractivity contribution < 1.29 is 0 Å². The summed E-state index contributed by atoms with van der Waals surface area (Å²) in [6.07, 6.45) is 6.23. The number of unbranched alkanes of at least 4 members (excludes halogenated alkanes) is 1. The molecule has 84 valence electrons. The van der Waals surface area contributed by atoms with E-state index in [0.717, 1.165) is 12.1 Å². The number of nitrogens with two attached hydrogens (primary N) is 1. The predicted molar refractivity (Wildman–Crippen MR) is 68.6 cm³/mol. The van der Waals surface area contributed by atoms with Gasteiger partial charge >= 0.3 is 0 Å². The van der Waals surface area contributed by atoms with Gasteiger partial charge in [0, 0.05) is 29.2 Å². The van der Waals surface area contributed by atoms with Crippen molar-refractivity contribution in [2.75, 3.05) is 0 Å². The lowest BCUT2D eigenvalue weighted by Gasteiger charge is -2.02. The molecule has 0 saturated heterocycles. The minimum Gasteiger partial charge on any atom is -0.347 e. The van der Waals surface area contributed by atoms with Crippen molar-refractivity contribution in [2.24, 2.45) is 10.9 Å². The van der Waals surface area contributed by atoms with Gasteiger partial charge in [0.15, 0.2) is 0 Å². The number of fused-ring (bicyclic) bond motifs is 1. The van der Waals surface area contributed by atoms with Crippen molar-refractivity contribution in [2.45, 2.75) is 26.3 Å². The molecule has 0 fully saturated rings. The summed E-state index contributed by atoms with van der Waals surface area (Å²) < 4.78 is 2.27. The second kappa shape index (κ2) is 4.84. The first-order chi connectivity index (χ1) is 7.86. The molecule has 2 rings (SSSR count). The van der Waals surface area contributed by atoms with Crippen molar-refractivity contribution in [3.05, 3.63) is 36.0 Å².